The molecule has 7 rings (SSSR count). The van der Waals surface area contributed by atoms with Crippen molar-refractivity contribution in [1.29, 1.82) is 0 Å². The van der Waals surface area contributed by atoms with Crippen LogP contribution in [0.5, 0.6) is 11.5 Å². The van der Waals surface area contributed by atoms with Gasteiger partial charge in [-0.05, 0) is 41.8 Å². The van der Waals surface area contributed by atoms with Crippen LogP contribution in [0.3, 0.4) is 0 Å². The Bertz CT molecular complexity index is 1950. The van der Waals surface area contributed by atoms with Gasteiger partial charge in [0, 0.05) is 88.0 Å². The number of imide groups is 1. The molecule has 1 atom stereocenters. The molecule has 2 aromatic heterocycles. The molecular formula is C36H42N8O6. The third-order valence-electron chi connectivity index (χ3n) is 10.1. The van der Waals surface area contributed by atoms with Crippen LogP contribution < -0.4 is 25.7 Å². The largest absolute Gasteiger partial charge is 0.496 e. The zero-order chi connectivity index (χ0) is 34.9. The fraction of sp³-hybridized carbons (Fsp3) is 0.417. The van der Waals surface area contributed by atoms with Gasteiger partial charge in [-0.25, -0.2) is 0 Å². The van der Waals surface area contributed by atoms with E-state index in [4.69, 9.17) is 9.47 Å². The maximum absolute atomic E-state index is 13.2. The quantitative estimate of drug-likeness (QED) is 0.212. The Kier molecular flexibility index (Phi) is 9.29. The molecule has 0 radical (unpaired) electrons. The minimum atomic E-state index is -0.405. The minimum Gasteiger partial charge on any atom is -0.496 e. The van der Waals surface area contributed by atoms with Gasteiger partial charge in [-0.15, -0.1) is 0 Å². The van der Waals surface area contributed by atoms with Gasteiger partial charge in [0.05, 0.1) is 32.5 Å². The van der Waals surface area contributed by atoms with E-state index in [-0.39, 0.29) is 23.3 Å². The first-order valence-electron chi connectivity index (χ1n) is 16.9. The normalized spacial score (nSPS) is 18.9. The first kappa shape index (κ1) is 33.3. The van der Waals surface area contributed by atoms with Crippen molar-refractivity contribution in [3.05, 3.63) is 70.3 Å². The lowest BCUT2D eigenvalue weighted by Crippen LogP contribution is -2.54. The lowest BCUT2D eigenvalue weighted by Gasteiger charge is -2.41. The minimum absolute atomic E-state index is 0.145. The number of aryl methyl sites for hydroxylation is 1. The summed E-state index contributed by atoms with van der Waals surface area (Å²) in [6.45, 7) is 5.44. The Hall–Kier alpha value is -5.21. The lowest BCUT2D eigenvalue weighted by atomic mass is 9.91. The molecule has 2 aromatic carbocycles. The van der Waals surface area contributed by atoms with Crippen LogP contribution in [-0.2, 0) is 28.0 Å². The number of pyridine rings is 1. The van der Waals surface area contributed by atoms with E-state index in [0.29, 0.717) is 62.0 Å². The van der Waals surface area contributed by atoms with Gasteiger partial charge >= 0.3 is 0 Å². The number of benzene rings is 2. The van der Waals surface area contributed by atoms with Crippen molar-refractivity contribution < 1.29 is 23.9 Å². The number of ether oxygens (including phenoxy) is 2. The number of H-pyrrole nitrogens is 1. The second-order valence-electron chi connectivity index (χ2n) is 13.3. The number of nitrogens with zero attached hydrogens (tertiary/aromatic N) is 5. The topological polar surface area (TPSA) is 154 Å². The highest BCUT2D eigenvalue weighted by molar-refractivity contribution is 6.01. The van der Waals surface area contributed by atoms with Crippen molar-refractivity contribution in [1.82, 2.24) is 34.8 Å². The summed E-state index contributed by atoms with van der Waals surface area (Å²) >= 11 is 0. The van der Waals surface area contributed by atoms with E-state index in [0.717, 1.165) is 53.9 Å². The maximum atomic E-state index is 13.2. The number of amides is 3. The highest BCUT2D eigenvalue weighted by Crippen LogP contribution is 2.38. The number of piperidine rings is 1. The van der Waals surface area contributed by atoms with Crippen LogP contribution >= 0.6 is 0 Å². The summed E-state index contributed by atoms with van der Waals surface area (Å²) in [6.07, 6.45) is 4.28. The summed E-state index contributed by atoms with van der Waals surface area (Å²) in [5, 5.41) is 13.2. The van der Waals surface area contributed by atoms with Crippen LogP contribution in [0.4, 0.5) is 5.69 Å². The predicted molar refractivity (Wildman–Crippen MR) is 187 cm³/mol. The molecule has 262 valence electrons. The summed E-state index contributed by atoms with van der Waals surface area (Å²) < 4.78 is 13.2. The molecule has 3 aliphatic heterocycles. The van der Waals surface area contributed by atoms with Crippen LogP contribution in [-0.4, -0.2) is 113 Å². The van der Waals surface area contributed by atoms with Crippen LogP contribution in [0.25, 0.3) is 22.0 Å². The van der Waals surface area contributed by atoms with E-state index < -0.39 is 6.04 Å². The van der Waals surface area contributed by atoms with Crippen LogP contribution in [0.2, 0.25) is 0 Å². The van der Waals surface area contributed by atoms with E-state index in [2.05, 4.69) is 42.8 Å². The van der Waals surface area contributed by atoms with E-state index in [1.165, 1.54) is 10.1 Å². The highest BCUT2D eigenvalue weighted by Gasteiger charge is 2.32. The molecule has 3 amide bonds. The average Bonchev–Trinajstić information content (AvgIpc) is 3.60. The number of likely N-dealkylation sites (tertiary alicyclic amines) is 1. The number of hydrogen-bond donors (Lipinski definition) is 3. The average molecular weight is 683 g/mol. The van der Waals surface area contributed by atoms with Crippen LogP contribution in [0, 0.1) is 0 Å². The summed E-state index contributed by atoms with van der Waals surface area (Å²) in [7, 11) is 5.00. The van der Waals surface area contributed by atoms with Gasteiger partial charge in [-0.3, -0.25) is 39.4 Å². The molecule has 0 spiro atoms. The second-order valence-corrected chi connectivity index (χ2v) is 13.3. The summed E-state index contributed by atoms with van der Waals surface area (Å²) in [6, 6.07) is 11.6. The van der Waals surface area contributed by atoms with Crippen LogP contribution in [0.15, 0.2) is 53.6 Å². The highest BCUT2D eigenvalue weighted by atomic mass is 16.5. The zero-order valence-electron chi connectivity index (χ0n) is 28.5. The Morgan fingerprint density at radius 3 is 2.34 bits per heavy atom. The molecule has 0 saturated carbocycles. The molecular weight excluding hydrogens is 640 g/mol. The summed E-state index contributed by atoms with van der Waals surface area (Å²) in [5.74, 6) is 1.38. The Morgan fingerprint density at radius 2 is 1.68 bits per heavy atom. The lowest BCUT2D eigenvalue weighted by molar-refractivity contribution is -0.136. The SMILES string of the molecule is COc1cc(-c2cn(C)c(=O)c3[nH]ncc23)cc(OC)c1CN1CCN(C(=O)CN2CC(c3ccc(NC4CCC(=O)NC4=O)cc3)C2)CC1. The van der Waals surface area contributed by atoms with Crippen molar-refractivity contribution in [2.75, 3.05) is 65.3 Å². The number of fused-ring (bicyclic) bond motifs is 1. The number of nitrogens with one attached hydrogen (secondary N) is 3. The van der Waals surface area contributed by atoms with Crippen molar-refractivity contribution in [2.24, 2.45) is 7.05 Å². The molecule has 1 unspecified atom stereocenters. The number of aromatic nitrogens is 3. The standard InChI is InChI=1S/C36H42N8O6/c1-41-19-27(26-16-37-40-34(26)36(41)48)23-14-30(49-2)28(31(15-23)50-3)20-42-10-12-44(13-11-42)33(46)21-43-17-24(18-43)22-4-6-25(7-5-22)38-29-8-9-32(45)39-35(29)47/h4-7,14-16,19,24,29,38H,8-13,17-18,20-21H2,1-3H3,(H,37,40)(H,39,45,47). The van der Waals surface area contributed by atoms with Crippen molar-refractivity contribution in [3.8, 4) is 22.6 Å². The number of anilines is 1. The first-order chi connectivity index (χ1) is 24.2. The van der Waals surface area contributed by atoms with Crippen molar-refractivity contribution in [3.63, 3.8) is 0 Å². The molecule has 0 aliphatic carbocycles. The van der Waals surface area contributed by atoms with Gasteiger partial charge < -0.3 is 24.3 Å². The number of aromatic amines is 1. The van der Waals surface area contributed by atoms with E-state index >= 15 is 0 Å². The molecule has 14 nitrogen and oxygen atoms in total. The number of hydrogen-bond acceptors (Lipinski definition) is 10. The fourth-order valence-electron chi connectivity index (χ4n) is 7.14. The Labute approximate surface area is 289 Å². The van der Waals surface area contributed by atoms with Crippen molar-refractivity contribution >= 4 is 34.3 Å². The summed E-state index contributed by atoms with van der Waals surface area (Å²) in [4.78, 5) is 55.7. The van der Waals surface area contributed by atoms with Gasteiger partial charge in [-0.1, -0.05) is 12.1 Å². The molecule has 3 aliphatic rings. The van der Waals surface area contributed by atoms with E-state index in [1.807, 2.05) is 29.2 Å². The molecule has 3 saturated heterocycles. The predicted octanol–water partition coefficient (Wildman–Crippen LogP) is 1.91. The van der Waals surface area contributed by atoms with Crippen molar-refractivity contribution in [2.45, 2.75) is 31.3 Å². The number of methoxy groups -OCH3 is 2. The number of carbonyl (C=O) groups is 3. The molecule has 0 bridgehead atoms. The van der Waals surface area contributed by atoms with Gasteiger partial charge in [0.15, 0.2) is 0 Å². The van der Waals surface area contributed by atoms with Crippen LogP contribution in [0.1, 0.15) is 29.9 Å². The van der Waals surface area contributed by atoms with E-state index in [9.17, 15) is 19.2 Å². The number of rotatable bonds is 10. The Morgan fingerprint density at radius 1 is 0.980 bits per heavy atom. The second kappa shape index (κ2) is 14.0. The fourth-order valence-corrected chi connectivity index (χ4v) is 7.14. The van der Waals surface area contributed by atoms with Gasteiger partial charge in [0.2, 0.25) is 17.7 Å². The maximum Gasteiger partial charge on any atom is 0.276 e. The number of carbonyl (C=O) groups excluding carboxylic acids is 3. The number of piperazine rings is 1. The molecule has 3 N–H and O–H groups in total. The van der Waals surface area contributed by atoms with Gasteiger partial charge in [0.1, 0.15) is 23.1 Å². The zero-order valence-corrected chi connectivity index (χ0v) is 28.5. The van der Waals surface area contributed by atoms with Gasteiger partial charge in [0.25, 0.3) is 5.56 Å². The monoisotopic (exact) mass is 682 g/mol. The molecule has 4 aromatic rings. The summed E-state index contributed by atoms with van der Waals surface area (Å²) in [5.41, 5.74) is 4.98. The smallest absolute Gasteiger partial charge is 0.276 e. The molecule has 14 heteroatoms. The molecule has 3 fully saturated rings. The molecule has 5 heterocycles. The van der Waals surface area contributed by atoms with Gasteiger partial charge in [-0.2, -0.15) is 5.10 Å². The first-order valence-corrected chi connectivity index (χ1v) is 16.9. The third-order valence-corrected chi connectivity index (χ3v) is 10.1. The van der Waals surface area contributed by atoms with E-state index in [1.54, 1.807) is 33.7 Å². The third kappa shape index (κ3) is 6.68. The molecule has 50 heavy (non-hydrogen) atoms. The Balaban J connectivity index is 0.907.